The second-order valence-electron chi connectivity index (χ2n) is 7.18. The zero-order chi connectivity index (χ0) is 15.8. The van der Waals surface area contributed by atoms with Crippen LogP contribution in [0.4, 0.5) is 5.82 Å². The summed E-state index contributed by atoms with van der Waals surface area (Å²) in [6.07, 6.45) is 1.48. The van der Waals surface area contributed by atoms with Gasteiger partial charge in [0, 0.05) is 11.5 Å². The minimum Gasteiger partial charge on any atom is -0.459 e. The maximum atomic E-state index is 12.2. The Labute approximate surface area is 125 Å². The Bertz CT molecular complexity index is 626. The molecule has 0 saturated carbocycles. The van der Waals surface area contributed by atoms with Crippen LogP contribution in [0.1, 0.15) is 57.8 Å². The fraction of sp³-hybridized carbons (Fsp3) is 0.500. The Kier molecular flexibility index (Phi) is 3.70. The number of hydrogen-bond donors (Lipinski definition) is 1. The van der Waals surface area contributed by atoms with Crippen molar-refractivity contribution in [3.63, 3.8) is 0 Å². The highest BCUT2D eigenvalue weighted by atomic mass is 16.3. The molecule has 2 heterocycles. The Morgan fingerprint density at radius 2 is 1.90 bits per heavy atom. The number of rotatable bonds is 2. The zero-order valence-electron chi connectivity index (χ0n) is 13.5. The molecule has 1 amide bonds. The first kappa shape index (κ1) is 15.4. The summed E-state index contributed by atoms with van der Waals surface area (Å²) in [5.41, 5.74) is 0.628. The molecule has 0 aromatic carbocycles. The molecule has 0 radical (unpaired) electrons. The summed E-state index contributed by atoms with van der Waals surface area (Å²) in [7, 11) is 0. The Morgan fingerprint density at radius 3 is 2.38 bits per heavy atom. The van der Waals surface area contributed by atoms with Crippen molar-refractivity contribution in [3.05, 3.63) is 35.9 Å². The number of carbonyl (C=O) groups excluding carboxylic acids is 1. The molecule has 114 valence electrons. The molecule has 0 aliphatic rings. The van der Waals surface area contributed by atoms with Crippen molar-refractivity contribution in [2.24, 2.45) is 0 Å². The number of carbonyl (C=O) groups is 1. The van der Waals surface area contributed by atoms with Crippen molar-refractivity contribution in [2.45, 2.75) is 52.5 Å². The van der Waals surface area contributed by atoms with Gasteiger partial charge in [0.2, 0.25) is 0 Å². The number of hydrogen-bond acceptors (Lipinski definition) is 3. The minimum atomic E-state index is -0.272. The predicted molar refractivity (Wildman–Crippen MR) is 82.6 cm³/mol. The Balaban J connectivity index is 2.38. The van der Waals surface area contributed by atoms with Crippen LogP contribution in [0.5, 0.6) is 0 Å². The third-order valence-electron chi connectivity index (χ3n) is 3.10. The molecule has 0 atom stereocenters. The summed E-state index contributed by atoms with van der Waals surface area (Å²) >= 11 is 0. The number of aromatic nitrogens is 2. The number of amides is 1. The van der Waals surface area contributed by atoms with Gasteiger partial charge >= 0.3 is 0 Å². The van der Waals surface area contributed by atoms with E-state index in [-0.39, 0.29) is 22.6 Å². The summed E-state index contributed by atoms with van der Waals surface area (Å²) in [6.45, 7) is 12.4. The molecule has 0 aliphatic heterocycles. The summed E-state index contributed by atoms with van der Waals surface area (Å²) < 4.78 is 6.97. The molecule has 2 aromatic heterocycles. The second-order valence-corrected chi connectivity index (χ2v) is 7.18. The Hall–Kier alpha value is -2.04. The summed E-state index contributed by atoms with van der Waals surface area (Å²) in [5.74, 6) is 0.689. The van der Waals surface area contributed by atoms with Crippen LogP contribution in [-0.4, -0.2) is 15.7 Å². The van der Waals surface area contributed by atoms with Crippen molar-refractivity contribution in [1.29, 1.82) is 0 Å². The molecular weight excluding hydrogens is 266 g/mol. The van der Waals surface area contributed by atoms with Gasteiger partial charge in [-0.3, -0.25) is 4.79 Å². The van der Waals surface area contributed by atoms with Crippen LogP contribution < -0.4 is 5.32 Å². The maximum Gasteiger partial charge on any atom is 0.292 e. The number of furan rings is 1. The molecule has 21 heavy (non-hydrogen) atoms. The number of nitrogens with zero attached hydrogens (tertiary/aromatic N) is 2. The summed E-state index contributed by atoms with van der Waals surface area (Å²) in [4.78, 5) is 12.2. The van der Waals surface area contributed by atoms with Gasteiger partial charge in [-0.05, 0) is 32.9 Å². The highest BCUT2D eigenvalue weighted by molar-refractivity contribution is 6.01. The van der Waals surface area contributed by atoms with Crippen LogP contribution in [0.2, 0.25) is 0 Å². The third kappa shape index (κ3) is 3.35. The van der Waals surface area contributed by atoms with Crippen LogP contribution in [0, 0.1) is 0 Å². The predicted octanol–water partition coefficient (Wildman–Crippen LogP) is 3.78. The molecule has 0 aliphatic carbocycles. The molecule has 2 rings (SSSR count). The average molecular weight is 289 g/mol. The molecule has 0 unspecified atom stereocenters. The lowest BCUT2D eigenvalue weighted by Crippen LogP contribution is -2.27. The third-order valence-corrected chi connectivity index (χ3v) is 3.10. The fourth-order valence-corrected chi connectivity index (χ4v) is 1.93. The van der Waals surface area contributed by atoms with E-state index in [0.29, 0.717) is 5.82 Å². The molecule has 0 spiro atoms. The molecule has 0 bridgehead atoms. The van der Waals surface area contributed by atoms with E-state index in [0.717, 1.165) is 5.69 Å². The van der Waals surface area contributed by atoms with Gasteiger partial charge in [-0.25, -0.2) is 4.68 Å². The average Bonchev–Trinajstić information content (AvgIpc) is 2.94. The zero-order valence-corrected chi connectivity index (χ0v) is 13.5. The van der Waals surface area contributed by atoms with Gasteiger partial charge < -0.3 is 9.73 Å². The molecule has 1 N–H and O–H groups in total. The molecule has 5 heteroatoms. The lowest BCUT2D eigenvalue weighted by atomic mass is 9.92. The number of nitrogens with one attached hydrogen (secondary N) is 1. The summed E-state index contributed by atoms with van der Waals surface area (Å²) in [5, 5.41) is 7.54. The number of anilines is 1. The summed E-state index contributed by atoms with van der Waals surface area (Å²) in [6, 6.07) is 5.25. The van der Waals surface area contributed by atoms with E-state index in [1.807, 2.05) is 10.7 Å². The van der Waals surface area contributed by atoms with Crippen molar-refractivity contribution in [3.8, 4) is 0 Å². The van der Waals surface area contributed by atoms with E-state index in [2.05, 4.69) is 52.0 Å². The van der Waals surface area contributed by atoms with E-state index < -0.39 is 0 Å². The Morgan fingerprint density at radius 1 is 1.24 bits per heavy atom. The first-order valence-electron chi connectivity index (χ1n) is 7.05. The van der Waals surface area contributed by atoms with Crippen molar-refractivity contribution in [2.75, 3.05) is 5.32 Å². The van der Waals surface area contributed by atoms with Gasteiger partial charge in [-0.2, -0.15) is 5.10 Å². The highest BCUT2D eigenvalue weighted by Gasteiger charge is 2.26. The van der Waals surface area contributed by atoms with E-state index in [1.165, 1.54) is 6.26 Å². The first-order chi connectivity index (χ1) is 9.59. The lowest BCUT2D eigenvalue weighted by molar-refractivity contribution is 0.0995. The van der Waals surface area contributed by atoms with E-state index in [1.54, 1.807) is 12.1 Å². The molecule has 2 aromatic rings. The molecule has 0 saturated heterocycles. The van der Waals surface area contributed by atoms with Crippen LogP contribution in [0.25, 0.3) is 0 Å². The molecule has 0 fully saturated rings. The standard InChI is InChI=1S/C16H23N3O2/c1-15(2,3)12-10-13(19(18-12)16(4,5)6)17-14(20)11-8-7-9-21-11/h7-10H,1-6H3,(H,17,20). The quantitative estimate of drug-likeness (QED) is 0.915. The van der Waals surface area contributed by atoms with Crippen LogP contribution in [-0.2, 0) is 11.0 Å². The highest BCUT2D eigenvalue weighted by Crippen LogP contribution is 2.28. The van der Waals surface area contributed by atoms with Gasteiger partial charge in [-0.15, -0.1) is 0 Å². The van der Waals surface area contributed by atoms with E-state index in [9.17, 15) is 4.79 Å². The van der Waals surface area contributed by atoms with Gasteiger partial charge in [0.15, 0.2) is 5.76 Å². The topological polar surface area (TPSA) is 60.1 Å². The van der Waals surface area contributed by atoms with Crippen molar-refractivity contribution in [1.82, 2.24) is 9.78 Å². The van der Waals surface area contributed by atoms with Gasteiger partial charge in [-0.1, -0.05) is 20.8 Å². The van der Waals surface area contributed by atoms with Crippen molar-refractivity contribution >= 4 is 11.7 Å². The monoisotopic (exact) mass is 289 g/mol. The molecule has 5 nitrogen and oxygen atoms in total. The van der Waals surface area contributed by atoms with E-state index >= 15 is 0 Å². The van der Waals surface area contributed by atoms with Crippen molar-refractivity contribution < 1.29 is 9.21 Å². The maximum absolute atomic E-state index is 12.2. The van der Waals surface area contributed by atoms with E-state index in [4.69, 9.17) is 4.42 Å². The van der Waals surface area contributed by atoms with Crippen LogP contribution in [0.3, 0.4) is 0 Å². The van der Waals surface area contributed by atoms with Gasteiger partial charge in [0.25, 0.3) is 5.91 Å². The lowest BCUT2D eigenvalue weighted by Gasteiger charge is -2.22. The normalized spacial score (nSPS) is 12.5. The SMILES string of the molecule is CC(C)(C)c1cc(NC(=O)c2ccco2)n(C(C)(C)C)n1. The largest absolute Gasteiger partial charge is 0.459 e. The molecular formula is C16H23N3O2. The second kappa shape index (κ2) is 5.06. The first-order valence-corrected chi connectivity index (χ1v) is 7.05. The minimum absolute atomic E-state index is 0.0827. The smallest absolute Gasteiger partial charge is 0.292 e. The van der Waals surface area contributed by atoms with Gasteiger partial charge in [0.1, 0.15) is 5.82 Å². The fourth-order valence-electron chi connectivity index (χ4n) is 1.93. The van der Waals surface area contributed by atoms with Crippen LogP contribution in [0.15, 0.2) is 28.9 Å². The van der Waals surface area contributed by atoms with Gasteiger partial charge in [0.05, 0.1) is 17.5 Å². The van der Waals surface area contributed by atoms with Crippen LogP contribution >= 0.6 is 0 Å².